The van der Waals surface area contributed by atoms with Crippen molar-refractivity contribution < 1.29 is 33.7 Å². The quantitative estimate of drug-likeness (QED) is 0.173. The topological polar surface area (TPSA) is 118 Å². The summed E-state index contributed by atoms with van der Waals surface area (Å²) in [4.78, 5) is 41.6. The molecule has 0 aliphatic carbocycles. The molecule has 3 heterocycles. The number of fused-ring (bicyclic) bond motifs is 5. The van der Waals surface area contributed by atoms with Crippen LogP contribution in [0.25, 0.3) is 0 Å². The zero-order chi connectivity index (χ0) is 34.8. The Kier molecular flexibility index (Phi) is 11.8. The number of halogens is 1. The Morgan fingerprint density at radius 3 is 2.62 bits per heavy atom. The molecule has 11 heteroatoms. The number of rotatable bonds is 6. The number of aliphatic hydroxyl groups is 1. The van der Waals surface area contributed by atoms with Gasteiger partial charge in [-0.3, -0.25) is 14.9 Å². The van der Waals surface area contributed by atoms with Crippen LogP contribution in [0.15, 0.2) is 35.9 Å². The predicted molar refractivity (Wildman–Crippen MR) is 187 cm³/mol. The van der Waals surface area contributed by atoms with Crippen LogP contribution in [0.1, 0.15) is 84.8 Å². The summed E-state index contributed by atoms with van der Waals surface area (Å²) in [6, 6.07) is 3.91. The van der Waals surface area contributed by atoms with E-state index >= 15 is 0 Å². The van der Waals surface area contributed by atoms with Crippen molar-refractivity contribution in [1.29, 1.82) is 0 Å². The third-order valence-electron chi connectivity index (χ3n) is 10.0. The number of thiol groups is 1. The Morgan fingerprint density at radius 1 is 1.23 bits per heavy atom. The van der Waals surface area contributed by atoms with Gasteiger partial charge >= 0.3 is 12.1 Å². The zero-order valence-electron chi connectivity index (χ0n) is 28.8. The summed E-state index contributed by atoms with van der Waals surface area (Å²) in [7, 11) is 1.67. The molecule has 9 nitrogen and oxygen atoms in total. The Labute approximate surface area is 289 Å². The van der Waals surface area contributed by atoms with E-state index in [1.165, 1.54) is 4.90 Å². The van der Waals surface area contributed by atoms with E-state index in [0.717, 1.165) is 29.5 Å². The molecule has 9 unspecified atom stereocenters. The molecule has 3 aliphatic rings. The van der Waals surface area contributed by atoms with E-state index in [4.69, 9.17) is 25.8 Å². The number of carbonyl (C=O) groups is 3. The normalized spacial score (nSPS) is 34.6. The van der Waals surface area contributed by atoms with Crippen molar-refractivity contribution in [2.75, 3.05) is 11.9 Å². The molecule has 4 rings (SSSR count). The summed E-state index contributed by atoms with van der Waals surface area (Å²) < 4.78 is 18.1. The lowest BCUT2D eigenvalue weighted by Crippen LogP contribution is -2.60. The van der Waals surface area contributed by atoms with Gasteiger partial charge in [-0.05, 0) is 62.5 Å². The molecule has 0 aromatic heterocycles. The number of allylic oxidation sites excluding steroid dienone is 3. The molecule has 1 aromatic rings. The van der Waals surface area contributed by atoms with Gasteiger partial charge in [-0.2, -0.15) is 12.6 Å². The lowest BCUT2D eigenvalue weighted by Gasteiger charge is -2.41. The molecule has 2 amide bonds. The van der Waals surface area contributed by atoms with Crippen LogP contribution < -0.4 is 10.2 Å². The van der Waals surface area contributed by atoms with Crippen molar-refractivity contribution in [2.45, 2.75) is 122 Å². The second-order valence-electron chi connectivity index (χ2n) is 14.2. The highest BCUT2D eigenvalue weighted by atomic mass is 35.5. The van der Waals surface area contributed by atoms with Crippen LogP contribution in [-0.4, -0.2) is 65.0 Å². The molecule has 9 atom stereocenters. The number of hydrogen-bond acceptors (Lipinski definition) is 8. The van der Waals surface area contributed by atoms with Gasteiger partial charge in [0.2, 0.25) is 5.91 Å². The third kappa shape index (κ3) is 8.74. The molecule has 260 valence electrons. The van der Waals surface area contributed by atoms with E-state index in [2.05, 4.69) is 17.9 Å². The van der Waals surface area contributed by atoms with Gasteiger partial charge in [0.1, 0.15) is 23.5 Å². The average Bonchev–Trinajstić information content (AvgIpc) is 3.68. The first-order chi connectivity index (χ1) is 21.9. The number of aryl methyl sites for hydroxylation is 1. The van der Waals surface area contributed by atoms with Gasteiger partial charge in [0.05, 0.1) is 29.2 Å². The van der Waals surface area contributed by atoms with Crippen LogP contribution in [0.3, 0.4) is 0 Å². The van der Waals surface area contributed by atoms with Crippen LogP contribution in [0, 0.1) is 24.7 Å². The number of alkyl carbamates (subject to hydrolysis) is 1. The molecule has 0 saturated carbocycles. The second kappa shape index (κ2) is 14.9. The minimum atomic E-state index is -1.55. The van der Waals surface area contributed by atoms with Gasteiger partial charge in [-0.25, -0.2) is 4.79 Å². The number of amides is 2. The van der Waals surface area contributed by atoms with Gasteiger partial charge in [0, 0.05) is 25.3 Å². The second-order valence-corrected chi connectivity index (χ2v) is 15.4. The maximum atomic E-state index is 14.0. The molecule has 2 fully saturated rings. The average molecular weight is 691 g/mol. The number of anilines is 1. The van der Waals surface area contributed by atoms with Crippen molar-refractivity contribution in [3.63, 3.8) is 0 Å². The van der Waals surface area contributed by atoms with E-state index in [9.17, 15) is 19.5 Å². The number of carbonyl (C=O) groups excluding carboxylic acids is 3. The highest BCUT2D eigenvalue weighted by Gasteiger charge is 2.64. The Bertz CT molecular complexity index is 1420. The van der Waals surface area contributed by atoms with Gasteiger partial charge < -0.3 is 24.2 Å². The predicted octanol–water partition coefficient (Wildman–Crippen LogP) is 6.71. The summed E-state index contributed by atoms with van der Waals surface area (Å²) in [5, 5.41) is 14.9. The number of nitrogens with one attached hydrogen (secondary N) is 1. The molecular formula is C36H51ClN2O7S. The summed E-state index contributed by atoms with van der Waals surface area (Å²) in [5.74, 6) is -1.88. The van der Waals surface area contributed by atoms with Crippen molar-refractivity contribution in [3.8, 4) is 0 Å². The number of benzene rings is 1. The first-order valence-electron chi connectivity index (χ1n) is 16.6. The Hall–Kier alpha value is -2.53. The zero-order valence-corrected chi connectivity index (χ0v) is 30.5. The molecule has 2 N–H and O–H groups in total. The summed E-state index contributed by atoms with van der Waals surface area (Å²) >= 11 is 11.2. The molecule has 3 aliphatic heterocycles. The largest absolute Gasteiger partial charge is 0.458 e. The summed E-state index contributed by atoms with van der Waals surface area (Å²) in [6.45, 7) is 13.3. The van der Waals surface area contributed by atoms with Gasteiger partial charge in [-0.15, -0.1) is 0 Å². The smallest absolute Gasteiger partial charge is 0.409 e. The molecule has 0 radical (unpaired) electrons. The number of ether oxygens (including phenoxy) is 3. The van der Waals surface area contributed by atoms with Gasteiger partial charge in [0.25, 0.3) is 0 Å². The van der Waals surface area contributed by atoms with Crippen LogP contribution in [0.2, 0.25) is 5.02 Å². The molecule has 47 heavy (non-hydrogen) atoms. The van der Waals surface area contributed by atoms with E-state index in [0.29, 0.717) is 23.6 Å². The minimum absolute atomic E-state index is 0.125. The van der Waals surface area contributed by atoms with E-state index in [-0.39, 0.29) is 35.8 Å². The van der Waals surface area contributed by atoms with Crippen molar-refractivity contribution in [1.82, 2.24) is 5.32 Å². The van der Waals surface area contributed by atoms with Crippen LogP contribution in [-0.2, 0) is 30.2 Å². The molecule has 1 aromatic carbocycles. The fourth-order valence-electron chi connectivity index (χ4n) is 6.64. The fraction of sp³-hybridized carbons (Fsp3) is 0.639. The lowest BCUT2D eigenvalue weighted by atomic mass is 9.82. The number of hydrogen-bond donors (Lipinski definition) is 3. The summed E-state index contributed by atoms with van der Waals surface area (Å²) in [6.07, 6.45) is 5.80. The van der Waals surface area contributed by atoms with Gasteiger partial charge in [0.15, 0.2) is 0 Å². The minimum Gasteiger partial charge on any atom is -0.458 e. The molecule has 4 bridgehead atoms. The molecule has 0 spiro atoms. The highest BCUT2D eigenvalue weighted by molar-refractivity contribution is 7.80. The number of esters is 1. The third-order valence-corrected chi connectivity index (χ3v) is 10.8. The maximum absolute atomic E-state index is 14.0. The first-order valence-corrected chi connectivity index (χ1v) is 17.5. The number of nitrogens with zero attached hydrogens (tertiary/aromatic N) is 1. The van der Waals surface area contributed by atoms with E-state index < -0.39 is 47.6 Å². The van der Waals surface area contributed by atoms with Crippen LogP contribution >= 0.6 is 24.2 Å². The summed E-state index contributed by atoms with van der Waals surface area (Å²) in [5.41, 5.74) is 0.862. The Morgan fingerprint density at radius 2 is 1.94 bits per heavy atom. The van der Waals surface area contributed by atoms with Gasteiger partial charge in [-0.1, -0.05) is 75.6 Å². The lowest BCUT2D eigenvalue weighted by molar-refractivity contribution is -0.158. The fourth-order valence-corrected chi connectivity index (χ4v) is 7.06. The van der Waals surface area contributed by atoms with Crippen molar-refractivity contribution >= 4 is 47.9 Å². The SMILES string of the molecule is C/C1=C\C=C\C(C)C2(O)CC(OC(=O)N2)C(C)C2OC2(C)C(OC(=O)C(C)CCCC(C)S)CC(=O)N(C)c2cc(cc(C)c2Cl)C1. The maximum Gasteiger partial charge on any atom is 0.409 e. The number of epoxide rings is 1. The Balaban J connectivity index is 1.71. The van der Waals surface area contributed by atoms with Crippen LogP contribution in [0.4, 0.5) is 10.5 Å². The van der Waals surface area contributed by atoms with Crippen LogP contribution in [0.5, 0.6) is 0 Å². The molecular weight excluding hydrogens is 640 g/mol. The first kappa shape index (κ1) is 37.3. The highest BCUT2D eigenvalue weighted by Crippen LogP contribution is 2.49. The van der Waals surface area contributed by atoms with E-state index in [1.54, 1.807) is 7.05 Å². The van der Waals surface area contributed by atoms with E-state index in [1.807, 2.05) is 78.8 Å². The van der Waals surface area contributed by atoms with Crippen molar-refractivity contribution in [2.24, 2.45) is 17.8 Å². The monoisotopic (exact) mass is 690 g/mol. The molecule has 2 saturated heterocycles. The standard InChI is InChI=1S/C36H51ClN2O7S/c1-20-11-9-13-23(4)36(43)19-28(44-34(42)38-36)25(6)32-35(7,46-32)29(45-33(41)21(2)12-10-14-24(5)47)18-30(40)39(8)27-17-26(15-20)16-22(3)31(27)37/h9,11,13,16-17,21,23-25,28-29,32,43,47H,10,12,14-15,18-19H2,1-8H3,(H,38,42)/b13-9+,20-11+. The van der Waals surface area contributed by atoms with Crippen molar-refractivity contribution in [3.05, 3.63) is 52.1 Å².